The van der Waals surface area contributed by atoms with Crippen LogP contribution >= 0.6 is 23.2 Å². The fraction of sp³-hybridized carbons (Fsp3) is 0.500. The third kappa shape index (κ3) is 4.27. The molecule has 0 radical (unpaired) electrons. The second kappa shape index (κ2) is 7.04. The molecule has 0 unspecified atom stereocenters. The molecule has 0 aliphatic heterocycles. The number of pyridine rings is 1. The van der Waals surface area contributed by atoms with E-state index < -0.39 is 0 Å². The van der Waals surface area contributed by atoms with Gasteiger partial charge in [-0.25, -0.2) is 0 Å². The Bertz CT molecular complexity index is 266. The van der Waals surface area contributed by atoms with Crippen LogP contribution in [0.1, 0.15) is 18.4 Å². The molecule has 1 aromatic heterocycles. The van der Waals surface area contributed by atoms with Gasteiger partial charge in [0.05, 0.1) is 5.02 Å². The Hall–Kier alpha value is -0.310. The first-order valence-electron chi connectivity index (χ1n) is 4.69. The van der Waals surface area contributed by atoms with Crippen molar-refractivity contribution in [1.29, 1.82) is 0 Å². The first kappa shape index (κ1) is 11.8. The molecule has 0 aromatic carbocycles. The minimum absolute atomic E-state index is 0.720. The molecule has 1 heterocycles. The SMILES string of the molecule is ClCCCCNCc1ccncc1Cl. The molecule has 78 valence electrons. The molecule has 0 saturated heterocycles. The van der Waals surface area contributed by atoms with Crippen LogP contribution in [0.2, 0.25) is 5.02 Å². The van der Waals surface area contributed by atoms with Crippen LogP contribution in [0.4, 0.5) is 0 Å². The van der Waals surface area contributed by atoms with Gasteiger partial charge in [0, 0.05) is 24.8 Å². The molecular weight excluding hydrogens is 219 g/mol. The number of unbranched alkanes of at least 4 members (excludes halogenated alkanes) is 1. The van der Waals surface area contributed by atoms with E-state index in [1.54, 1.807) is 12.4 Å². The first-order valence-corrected chi connectivity index (χ1v) is 5.61. The highest BCUT2D eigenvalue weighted by Crippen LogP contribution is 2.12. The summed E-state index contributed by atoms with van der Waals surface area (Å²) in [5.41, 5.74) is 1.09. The lowest BCUT2D eigenvalue weighted by molar-refractivity contribution is 0.642. The van der Waals surface area contributed by atoms with E-state index in [4.69, 9.17) is 23.2 Å². The second-order valence-corrected chi connectivity index (χ2v) is 3.83. The topological polar surface area (TPSA) is 24.9 Å². The van der Waals surface area contributed by atoms with Gasteiger partial charge in [-0.1, -0.05) is 11.6 Å². The maximum absolute atomic E-state index is 5.94. The predicted molar refractivity (Wildman–Crippen MR) is 60.9 cm³/mol. The van der Waals surface area contributed by atoms with Gasteiger partial charge in [-0.3, -0.25) is 4.98 Å². The number of nitrogens with zero attached hydrogens (tertiary/aromatic N) is 1. The quantitative estimate of drug-likeness (QED) is 0.603. The van der Waals surface area contributed by atoms with Gasteiger partial charge >= 0.3 is 0 Å². The number of hydrogen-bond acceptors (Lipinski definition) is 2. The Balaban J connectivity index is 2.21. The van der Waals surface area contributed by atoms with Crippen LogP contribution in [0.25, 0.3) is 0 Å². The van der Waals surface area contributed by atoms with Gasteiger partial charge in [0.25, 0.3) is 0 Å². The Morgan fingerprint density at radius 3 is 2.93 bits per heavy atom. The van der Waals surface area contributed by atoms with Crippen molar-refractivity contribution in [3.8, 4) is 0 Å². The van der Waals surface area contributed by atoms with Crippen molar-refractivity contribution in [1.82, 2.24) is 10.3 Å². The van der Waals surface area contributed by atoms with E-state index in [-0.39, 0.29) is 0 Å². The average molecular weight is 233 g/mol. The van der Waals surface area contributed by atoms with Gasteiger partial charge in [-0.05, 0) is 31.0 Å². The molecule has 0 aliphatic carbocycles. The summed E-state index contributed by atoms with van der Waals surface area (Å²) >= 11 is 11.5. The molecule has 0 bridgehead atoms. The van der Waals surface area contributed by atoms with E-state index in [0.29, 0.717) is 0 Å². The molecular formula is C10H14Cl2N2. The standard InChI is InChI=1S/C10H14Cl2N2/c11-4-1-2-5-13-7-9-3-6-14-8-10(9)12/h3,6,8,13H,1-2,4-5,7H2. The van der Waals surface area contributed by atoms with Crippen LogP contribution in [-0.2, 0) is 6.54 Å². The molecule has 1 aromatic rings. The molecule has 0 saturated carbocycles. The van der Waals surface area contributed by atoms with E-state index >= 15 is 0 Å². The third-order valence-corrected chi connectivity index (χ3v) is 2.52. The van der Waals surface area contributed by atoms with Crippen LogP contribution in [-0.4, -0.2) is 17.4 Å². The summed E-state index contributed by atoms with van der Waals surface area (Å²) in [6.07, 6.45) is 5.57. The van der Waals surface area contributed by atoms with E-state index in [9.17, 15) is 0 Å². The summed E-state index contributed by atoms with van der Waals surface area (Å²) in [4.78, 5) is 3.93. The van der Waals surface area contributed by atoms with Crippen molar-refractivity contribution in [2.24, 2.45) is 0 Å². The van der Waals surface area contributed by atoms with E-state index in [1.165, 1.54) is 0 Å². The van der Waals surface area contributed by atoms with Crippen LogP contribution in [0, 0.1) is 0 Å². The molecule has 0 spiro atoms. The minimum Gasteiger partial charge on any atom is -0.313 e. The van der Waals surface area contributed by atoms with E-state index in [1.807, 2.05) is 6.07 Å². The predicted octanol–water partition coefficient (Wildman–Crippen LogP) is 2.84. The van der Waals surface area contributed by atoms with Gasteiger partial charge in [-0.15, -0.1) is 11.6 Å². The lowest BCUT2D eigenvalue weighted by Crippen LogP contribution is -2.15. The number of nitrogens with one attached hydrogen (secondary N) is 1. The normalized spacial score (nSPS) is 10.4. The summed E-state index contributed by atoms with van der Waals surface area (Å²) in [6, 6.07) is 1.93. The van der Waals surface area contributed by atoms with Crippen molar-refractivity contribution in [2.45, 2.75) is 19.4 Å². The van der Waals surface area contributed by atoms with Crippen molar-refractivity contribution in [3.63, 3.8) is 0 Å². The number of alkyl halides is 1. The molecule has 1 rings (SSSR count). The summed E-state index contributed by atoms with van der Waals surface area (Å²) in [6.45, 7) is 1.77. The van der Waals surface area contributed by atoms with E-state index in [0.717, 1.165) is 42.4 Å². The number of hydrogen-bond donors (Lipinski definition) is 1. The number of rotatable bonds is 6. The van der Waals surface area contributed by atoms with Crippen molar-refractivity contribution >= 4 is 23.2 Å². The zero-order valence-corrected chi connectivity index (χ0v) is 9.48. The third-order valence-electron chi connectivity index (χ3n) is 1.91. The van der Waals surface area contributed by atoms with Crippen LogP contribution in [0.3, 0.4) is 0 Å². The lowest BCUT2D eigenvalue weighted by Gasteiger charge is -2.05. The van der Waals surface area contributed by atoms with Crippen LogP contribution in [0.15, 0.2) is 18.5 Å². The van der Waals surface area contributed by atoms with Crippen molar-refractivity contribution in [2.75, 3.05) is 12.4 Å². The second-order valence-electron chi connectivity index (χ2n) is 3.04. The Kier molecular flexibility index (Phi) is 5.92. The molecule has 0 fully saturated rings. The highest BCUT2D eigenvalue weighted by molar-refractivity contribution is 6.31. The van der Waals surface area contributed by atoms with Crippen LogP contribution < -0.4 is 5.32 Å². The van der Waals surface area contributed by atoms with Gasteiger partial charge < -0.3 is 5.32 Å². The summed E-state index contributed by atoms with van der Waals surface area (Å²) in [5.74, 6) is 0.734. The van der Waals surface area contributed by atoms with Gasteiger partial charge in [0.1, 0.15) is 0 Å². The number of aromatic nitrogens is 1. The maximum Gasteiger partial charge on any atom is 0.0634 e. The Morgan fingerprint density at radius 1 is 1.36 bits per heavy atom. The van der Waals surface area contributed by atoms with Crippen LogP contribution in [0.5, 0.6) is 0 Å². The fourth-order valence-electron chi connectivity index (χ4n) is 1.11. The lowest BCUT2D eigenvalue weighted by atomic mass is 10.2. The molecule has 1 N–H and O–H groups in total. The van der Waals surface area contributed by atoms with Gasteiger partial charge in [0.2, 0.25) is 0 Å². The maximum atomic E-state index is 5.94. The zero-order valence-electron chi connectivity index (χ0n) is 7.97. The molecule has 14 heavy (non-hydrogen) atoms. The largest absolute Gasteiger partial charge is 0.313 e. The molecule has 2 nitrogen and oxygen atoms in total. The highest BCUT2D eigenvalue weighted by atomic mass is 35.5. The monoisotopic (exact) mass is 232 g/mol. The van der Waals surface area contributed by atoms with E-state index in [2.05, 4.69) is 10.3 Å². The molecule has 0 atom stereocenters. The summed E-state index contributed by atoms with van der Waals surface area (Å²) in [7, 11) is 0. The Labute approximate surface area is 94.6 Å². The molecule has 4 heteroatoms. The summed E-state index contributed by atoms with van der Waals surface area (Å²) in [5, 5.41) is 4.03. The van der Waals surface area contributed by atoms with Gasteiger partial charge in [0.15, 0.2) is 0 Å². The van der Waals surface area contributed by atoms with Gasteiger partial charge in [-0.2, -0.15) is 0 Å². The van der Waals surface area contributed by atoms with Crippen molar-refractivity contribution < 1.29 is 0 Å². The summed E-state index contributed by atoms with van der Waals surface area (Å²) < 4.78 is 0. The first-order chi connectivity index (χ1) is 6.84. The highest BCUT2D eigenvalue weighted by Gasteiger charge is 1.97. The fourth-order valence-corrected chi connectivity index (χ4v) is 1.49. The zero-order chi connectivity index (χ0) is 10.2. The van der Waals surface area contributed by atoms with Crippen molar-refractivity contribution in [3.05, 3.63) is 29.0 Å². The average Bonchev–Trinajstić information content (AvgIpc) is 2.20. The number of halogens is 2. The smallest absolute Gasteiger partial charge is 0.0634 e. The minimum atomic E-state index is 0.720. The molecule has 0 amide bonds. The Morgan fingerprint density at radius 2 is 2.21 bits per heavy atom. The molecule has 0 aliphatic rings.